The molecule has 0 spiro atoms. The Bertz CT molecular complexity index is 2160. The molecule has 0 radical (unpaired) electrons. The van der Waals surface area contributed by atoms with Gasteiger partial charge in [-0.15, -0.1) is 0 Å². The molecule has 0 aromatic heterocycles. The van der Waals surface area contributed by atoms with Crippen LogP contribution in [0.2, 0.25) is 0 Å². The number of carbonyl (C=O) groups is 9. The maximum absolute atomic E-state index is 14.9. The van der Waals surface area contributed by atoms with E-state index in [0.717, 1.165) is 10.5 Å². The fourth-order valence-electron chi connectivity index (χ4n) is 8.54. The summed E-state index contributed by atoms with van der Waals surface area (Å²) in [7, 11) is 10.5. The Morgan fingerprint density at radius 2 is 0.792 bits per heavy atom. The van der Waals surface area contributed by atoms with E-state index in [2.05, 4.69) is 10.6 Å². The molecule has 2 aromatic carbocycles. The van der Waals surface area contributed by atoms with Gasteiger partial charge >= 0.3 is 11.9 Å². The summed E-state index contributed by atoms with van der Waals surface area (Å²) in [5, 5.41) is 24.4. The molecular weight excluding hydrogens is 925 g/mol. The van der Waals surface area contributed by atoms with Gasteiger partial charge in [-0.1, -0.05) is 102 Å². The number of carboxylic acid groups (broad SMARTS) is 2. The van der Waals surface area contributed by atoms with Crippen LogP contribution in [0.1, 0.15) is 92.2 Å². The summed E-state index contributed by atoms with van der Waals surface area (Å²) in [6, 6.07) is 8.54. The maximum Gasteiger partial charge on any atom is 0.326 e. The van der Waals surface area contributed by atoms with Crippen LogP contribution in [0.4, 0.5) is 0 Å². The summed E-state index contributed by atoms with van der Waals surface area (Å²) in [5.41, 5.74) is 1.34. The Kier molecular flexibility index (Phi) is 24.5. The smallest absolute Gasteiger partial charge is 0.326 e. The molecule has 2 aromatic rings. The third-order valence-electron chi connectivity index (χ3n) is 13.3. The van der Waals surface area contributed by atoms with Gasteiger partial charge in [0.25, 0.3) is 0 Å². The van der Waals surface area contributed by atoms with Crippen LogP contribution in [-0.2, 0) is 56.0 Å². The Morgan fingerprint density at radius 3 is 1.15 bits per heavy atom. The summed E-state index contributed by atoms with van der Waals surface area (Å²) in [5.74, 6) is -7.10. The lowest BCUT2D eigenvalue weighted by molar-refractivity contribution is -0.156. The van der Waals surface area contributed by atoms with Gasteiger partial charge in [0, 0.05) is 55.1 Å². The monoisotopic (exact) mass is 1010 g/mol. The molecule has 0 bridgehead atoms. The van der Waals surface area contributed by atoms with Crippen LogP contribution in [-0.4, -0.2) is 191 Å². The molecule has 0 aliphatic carbocycles. The normalized spacial score (nSPS) is 14.7. The summed E-state index contributed by atoms with van der Waals surface area (Å²) in [4.78, 5) is 132. The summed E-state index contributed by atoms with van der Waals surface area (Å²) in [6.45, 7) is 14.6. The summed E-state index contributed by atoms with van der Waals surface area (Å²) in [6.07, 6.45) is -0.0158. The SMILES string of the molecule is CN[C@@H](CC(C)C)C(=O)N(C)[C@@H](C)C(=O)N(C)[C@@H](CC(C)C)C(=O)N(C)[C@@H](Cc1ccccc1)C(=O)N(C)[C@@H](C)C(=O)N(C)[C@@H](CC(C)C)C(=O)N(C)[C@@H](Cc1ccccc1)C(=O)N[C@@H](CC(=O)O)C(=O)O. The average molecular weight is 1010 g/mol. The molecule has 0 saturated heterocycles. The fourth-order valence-corrected chi connectivity index (χ4v) is 8.54. The quantitative estimate of drug-likeness (QED) is 0.0962. The molecule has 19 heteroatoms. The third kappa shape index (κ3) is 17.4. The highest BCUT2D eigenvalue weighted by atomic mass is 16.4. The van der Waals surface area contributed by atoms with Gasteiger partial charge in [0.05, 0.1) is 12.5 Å². The van der Waals surface area contributed by atoms with Crippen LogP contribution >= 0.6 is 0 Å². The van der Waals surface area contributed by atoms with E-state index in [9.17, 15) is 53.4 Å². The Morgan fingerprint density at radius 1 is 0.444 bits per heavy atom. The molecule has 19 nitrogen and oxygen atoms in total. The molecule has 7 amide bonds. The van der Waals surface area contributed by atoms with Gasteiger partial charge in [0.1, 0.15) is 42.3 Å². The average Bonchev–Trinajstić information content (AvgIpc) is 3.34. The minimum Gasteiger partial charge on any atom is -0.481 e. The number of hydrogen-bond acceptors (Lipinski definition) is 10. The van der Waals surface area contributed by atoms with Gasteiger partial charge in [-0.25, -0.2) is 4.79 Å². The van der Waals surface area contributed by atoms with Crippen LogP contribution in [0, 0.1) is 17.8 Å². The van der Waals surface area contributed by atoms with E-state index >= 15 is 0 Å². The topological polar surface area (TPSA) is 238 Å². The molecule has 0 aliphatic rings. The zero-order valence-electron chi connectivity index (χ0n) is 45.1. The van der Waals surface area contributed by atoms with Crippen molar-refractivity contribution in [1.29, 1.82) is 0 Å². The number of rotatable bonds is 28. The molecule has 8 atom stereocenters. The highest BCUT2D eigenvalue weighted by molar-refractivity contribution is 5.97. The molecule has 2 rings (SSSR count). The Hall–Kier alpha value is -6.37. The minimum atomic E-state index is -1.79. The van der Waals surface area contributed by atoms with E-state index in [-0.39, 0.29) is 49.3 Å². The van der Waals surface area contributed by atoms with E-state index in [1.165, 1.54) is 66.7 Å². The van der Waals surface area contributed by atoms with Gasteiger partial charge < -0.3 is 50.2 Å². The van der Waals surface area contributed by atoms with Crippen molar-refractivity contribution in [3.63, 3.8) is 0 Å². The zero-order chi connectivity index (χ0) is 54.9. The first-order valence-electron chi connectivity index (χ1n) is 24.7. The lowest BCUT2D eigenvalue weighted by Gasteiger charge is -2.40. The van der Waals surface area contributed by atoms with Crippen LogP contribution in [0.3, 0.4) is 0 Å². The first kappa shape index (κ1) is 61.7. The van der Waals surface area contributed by atoms with E-state index in [4.69, 9.17) is 0 Å². The van der Waals surface area contributed by atoms with Gasteiger partial charge in [0.2, 0.25) is 41.4 Å². The lowest BCUT2D eigenvalue weighted by atomic mass is 9.97. The highest BCUT2D eigenvalue weighted by Gasteiger charge is 2.42. The molecule has 400 valence electrons. The maximum atomic E-state index is 14.9. The van der Waals surface area contributed by atoms with Crippen LogP contribution < -0.4 is 10.6 Å². The van der Waals surface area contributed by atoms with Crippen molar-refractivity contribution in [1.82, 2.24) is 40.0 Å². The molecule has 0 unspecified atom stereocenters. The van der Waals surface area contributed by atoms with E-state index in [1.807, 2.05) is 59.7 Å². The number of likely N-dealkylation sites (N-methyl/N-ethyl adjacent to an activating group) is 7. The minimum absolute atomic E-state index is 0.0449. The predicted octanol–water partition coefficient (Wildman–Crippen LogP) is 3.24. The predicted molar refractivity (Wildman–Crippen MR) is 274 cm³/mol. The van der Waals surface area contributed by atoms with Crippen LogP contribution in [0.25, 0.3) is 0 Å². The number of nitrogens with zero attached hydrogens (tertiary/aromatic N) is 6. The van der Waals surface area contributed by atoms with Crippen LogP contribution in [0.5, 0.6) is 0 Å². The van der Waals surface area contributed by atoms with Crippen molar-refractivity contribution < 1.29 is 53.4 Å². The molecule has 72 heavy (non-hydrogen) atoms. The molecule has 0 fully saturated rings. The second-order valence-corrected chi connectivity index (χ2v) is 20.2. The van der Waals surface area contributed by atoms with E-state index in [1.54, 1.807) is 63.5 Å². The first-order valence-corrected chi connectivity index (χ1v) is 24.7. The number of aliphatic carboxylic acids is 2. The van der Waals surface area contributed by atoms with Gasteiger partial charge in [0.15, 0.2) is 0 Å². The number of carbonyl (C=O) groups excluding carboxylic acids is 7. The van der Waals surface area contributed by atoms with Crippen molar-refractivity contribution in [3.8, 4) is 0 Å². The molecule has 0 heterocycles. The van der Waals surface area contributed by atoms with E-state index in [0.29, 0.717) is 12.0 Å². The number of amides is 7. The standard InChI is InChI=1S/C53H82N8O11/c1-32(2)26-39(54-9)49(67)56(10)35(7)47(65)60(14)43(28-34(5)6)52(70)61(15)44(30-38-24-20-17-21-25-38)50(68)57(11)36(8)48(66)59(13)42(27-33(3)4)51(69)58(12)41(29-37-22-18-16-19-23-37)46(64)55-40(53(71)72)31-45(62)63/h16-25,32-36,39-44,54H,26-31H2,1-15H3,(H,55,64)(H,62,63)(H,71,72)/t35-,36-,39-,40-,41-,42-,43-,44-/m0/s1. The fraction of sp³-hybridized carbons (Fsp3) is 0.604. The molecule has 0 aliphatic heterocycles. The second-order valence-electron chi connectivity index (χ2n) is 20.2. The third-order valence-corrected chi connectivity index (χ3v) is 13.3. The lowest BCUT2D eigenvalue weighted by Crippen LogP contribution is -2.61. The van der Waals surface area contributed by atoms with Crippen molar-refractivity contribution in [2.45, 2.75) is 142 Å². The number of hydrogen-bond donors (Lipinski definition) is 4. The Labute approximate surface area is 426 Å². The highest BCUT2D eigenvalue weighted by Crippen LogP contribution is 2.23. The van der Waals surface area contributed by atoms with Crippen molar-refractivity contribution >= 4 is 53.3 Å². The largest absolute Gasteiger partial charge is 0.481 e. The molecule has 4 N–H and O–H groups in total. The van der Waals surface area contributed by atoms with Gasteiger partial charge in [-0.3, -0.25) is 38.4 Å². The Balaban J connectivity index is 2.56. The van der Waals surface area contributed by atoms with Crippen LogP contribution in [0.15, 0.2) is 60.7 Å². The van der Waals surface area contributed by atoms with Gasteiger partial charge in [-0.2, -0.15) is 0 Å². The van der Waals surface area contributed by atoms with Crippen molar-refractivity contribution in [3.05, 3.63) is 71.8 Å². The number of nitrogens with one attached hydrogen (secondary N) is 2. The van der Waals surface area contributed by atoms with Crippen molar-refractivity contribution in [2.24, 2.45) is 17.8 Å². The van der Waals surface area contributed by atoms with Gasteiger partial charge in [-0.05, 0) is 69.0 Å². The number of carboxylic acids is 2. The second kappa shape index (κ2) is 28.6. The molecular formula is C53H82N8O11. The summed E-state index contributed by atoms with van der Waals surface area (Å²) < 4.78 is 0. The zero-order valence-corrected chi connectivity index (χ0v) is 45.1. The number of benzene rings is 2. The van der Waals surface area contributed by atoms with Crippen molar-refractivity contribution in [2.75, 3.05) is 49.3 Å². The first-order chi connectivity index (χ1) is 33.6. The summed E-state index contributed by atoms with van der Waals surface area (Å²) >= 11 is 0. The molecule has 0 saturated carbocycles. The van der Waals surface area contributed by atoms with E-state index < -0.39 is 102 Å².